The van der Waals surface area contributed by atoms with Gasteiger partial charge in [-0.05, 0) is 114 Å². The Balaban J connectivity index is 0.749. The minimum atomic E-state index is -1.15. The van der Waals surface area contributed by atoms with Crippen LogP contribution in [-0.4, -0.2) is 94.5 Å². The number of benzene rings is 7. The molecule has 0 fully saturated rings. The Kier molecular flexibility index (Phi) is 20.7. The van der Waals surface area contributed by atoms with Crippen LogP contribution in [0.1, 0.15) is 63.1 Å². The second-order valence-corrected chi connectivity index (χ2v) is 20.8. The number of carbonyl (C=O) groups is 4. The summed E-state index contributed by atoms with van der Waals surface area (Å²) in [5, 5.41) is 58.1. The second kappa shape index (κ2) is 29.0. The smallest absolute Gasteiger partial charge is 0.336 e. The molecular formula is C64H61N11O10S. The molecule has 0 aliphatic carbocycles. The van der Waals surface area contributed by atoms with Crippen molar-refractivity contribution in [3.05, 3.63) is 194 Å². The maximum absolute atomic E-state index is 13.5. The van der Waals surface area contributed by atoms with Gasteiger partial charge in [-0.25, -0.2) is 4.79 Å². The first-order valence-electron chi connectivity index (χ1n) is 27.1. The van der Waals surface area contributed by atoms with Crippen LogP contribution in [0.5, 0.6) is 23.0 Å². The first kappa shape index (κ1) is 61.4. The highest BCUT2D eigenvalue weighted by atomic mass is 32.2. The van der Waals surface area contributed by atoms with Crippen LogP contribution in [0.3, 0.4) is 0 Å². The number of nitro benzene ring substituents is 1. The number of aromatic carboxylic acids is 1. The molecule has 86 heavy (non-hydrogen) atoms. The van der Waals surface area contributed by atoms with Crippen molar-refractivity contribution in [2.75, 3.05) is 75.9 Å². The number of anilines is 3. The van der Waals surface area contributed by atoms with Crippen molar-refractivity contribution in [1.29, 1.82) is 5.26 Å². The maximum atomic E-state index is 13.5. The molecule has 0 atom stereocenters. The molecule has 1 aliphatic rings. The minimum Gasteiger partial charge on any atom is -0.494 e. The van der Waals surface area contributed by atoms with Crippen molar-refractivity contribution in [1.82, 2.24) is 10.6 Å². The highest BCUT2D eigenvalue weighted by Crippen LogP contribution is 2.42. The van der Waals surface area contributed by atoms with Crippen LogP contribution >= 0.6 is 11.8 Å². The van der Waals surface area contributed by atoms with E-state index in [2.05, 4.69) is 49.1 Å². The van der Waals surface area contributed by atoms with Gasteiger partial charge in [0.25, 0.3) is 11.6 Å². The van der Waals surface area contributed by atoms with E-state index in [0.29, 0.717) is 116 Å². The van der Waals surface area contributed by atoms with Gasteiger partial charge in [0, 0.05) is 140 Å². The van der Waals surface area contributed by atoms with Crippen molar-refractivity contribution in [2.45, 2.75) is 25.7 Å². The van der Waals surface area contributed by atoms with Crippen LogP contribution in [0.15, 0.2) is 166 Å². The molecule has 3 amide bonds. The van der Waals surface area contributed by atoms with Gasteiger partial charge >= 0.3 is 5.97 Å². The van der Waals surface area contributed by atoms with Gasteiger partial charge in [-0.2, -0.15) is 15.5 Å². The van der Waals surface area contributed by atoms with Gasteiger partial charge in [0.05, 0.1) is 42.2 Å². The molecule has 0 saturated heterocycles. The number of carbonyl (C=O) groups excluding carboxylic acids is 3. The third-order valence-electron chi connectivity index (χ3n) is 13.5. The Morgan fingerprint density at radius 2 is 1.36 bits per heavy atom. The van der Waals surface area contributed by atoms with Gasteiger partial charge in [-0.1, -0.05) is 30.8 Å². The number of methoxy groups -OCH3 is 2. The van der Waals surface area contributed by atoms with E-state index in [1.807, 2.05) is 85.5 Å². The van der Waals surface area contributed by atoms with Gasteiger partial charge in [0.15, 0.2) is 0 Å². The molecule has 1 aliphatic heterocycles. The topological polar surface area (TPSA) is 275 Å². The predicted octanol–water partition coefficient (Wildman–Crippen LogP) is 11.7. The van der Waals surface area contributed by atoms with Crippen LogP contribution < -0.4 is 50.4 Å². The number of nitrogens with zero attached hydrogens (tertiary/aromatic N) is 8. The fraction of sp³-hybridized carbons (Fsp3) is 0.203. The number of nitrogens with one attached hydrogen (secondary N) is 3. The molecule has 7 aromatic rings. The number of carboxylic acid groups (broad SMARTS) is 1. The van der Waals surface area contributed by atoms with Crippen LogP contribution in [0.2, 0.25) is 0 Å². The number of non-ortho nitro benzene ring substituents is 1. The van der Waals surface area contributed by atoms with Crippen molar-refractivity contribution in [3.8, 4) is 29.1 Å². The largest absolute Gasteiger partial charge is 0.494 e. The van der Waals surface area contributed by atoms with Gasteiger partial charge in [0.1, 0.15) is 34.4 Å². The van der Waals surface area contributed by atoms with Crippen LogP contribution in [0.25, 0.3) is 17.1 Å². The number of hydrogen-bond donors (Lipinski definition) is 4. The standard InChI is InChI=1S/C64H61N11O10S/c1-40-11-26-50-55(35-40)85-56-37-48(73(2)3)25-28-51(56)62(50)52-36-42(14-27-49(52)64(79)80)63(78)67-31-7-9-61(77)68-43-15-12-41(13-16-43)59(29-30-65)86-34-32-66-60(76)10-8-33-74(4)46-21-17-44(18-22-46)69-71-53-38-58(84-6)54(39-57(53)83-5)72-70-45-19-23-47(24-20-45)75(81)82/h11-29,35-39H,1,7-10,31-34H2,2-6H3,(H,66,76)(H,67,78)(H,68,77)(H,79,80). The molecule has 21 nitrogen and oxygen atoms in total. The summed E-state index contributed by atoms with van der Waals surface area (Å²) in [5.41, 5.74) is 6.74. The molecule has 0 radical (unpaired) electrons. The number of nitro groups is 1. The van der Waals surface area contributed by atoms with E-state index in [1.54, 1.807) is 48.5 Å². The summed E-state index contributed by atoms with van der Waals surface area (Å²) in [4.78, 5) is 67.1. The van der Waals surface area contributed by atoms with Gasteiger partial charge in [-0.3, -0.25) is 24.5 Å². The molecule has 0 saturated carbocycles. The number of amides is 3. The highest BCUT2D eigenvalue weighted by molar-refractivity contribution is 8.08. The number of nitriles is 1. The average molecular weight is 1180 g/mol. The van der Waals surface area contributed by atoms with E-state index < -0.39 is 16.8 Å². The molecule has 0 bridgehead atoms. The van der Waals surface area contributed by atoms with E-state index in [4.69, 9.17) is 14.2 Å². The number of hydrogen-bond acceptors (Lipinski definition) is 17. The van der Waals surface area contributed by atoms with Gasteiger partial charge in [0.2, 0.25) is 11.8 Å². The van der Waals surface area contributed by atoms with Crippen molar-refractivity contribution in [2.24, 2.45) is 20.5 Å². The first-order valence-corrected chi connectivity index (χ1v) is 28.0. The second-order valence-electron chi connectivity index (χ2n) is 19.7. The van der Waals surface area contributed by atoms with Crippen molar-refractivity contribution in [3.63, 3.8) is 0 Å². The van der Waals surface area contributed by atoms with Crippen molar-refractivity contribution < 1.29 is 43.4 Å². The number of ether oxygens (including phenoxy) is 3. The molecule has 8 rings (SSSR count). The highest BCUT2D eigenvalue weighted by Gasteiger charge is 2.26. The van der Waals surface area contributed by atoms with Crippen LogP contribution in [-0.2, 0) is 9.59 Å². The number of azo groups is 2. The summed E-state index contributed by atoms with van der Waals surface area (Å²) in [6.45, 7) is 5.23. The summed E-state index contributed by atoms with van der Waals surface area (Å²) in [7, 11) is 8.73. The molecule has 22 heteroatoms. The van der Waals surface area contributed by atoms with E-state index >= 15 is 0 Å². The first-order chi connectivity index (χ1) is 41.5. The van der Waals surface area contributed by atoms with Gasteiger partial charge < -0.3 is 45.1 Å². The molecule has 7 aromatic carbocycles. The zero-order chi connectivity index (χ0) is 61.3. The lowest BCUT2D eigenvalue weighted by molar-refractivity contribution is -0.384. The normalized spacial score (nSPS) is 11.7. The van der Waals surface area contributed by atoms with E-state index in [1.165, 1.54) is 68.5 Å². The third kappa shape index (κ3) is 15.9. The molecule has 1 heterocycles. The van der Waals surface area contributed by atoms with E-state index in [9.17, 15) is 39.7 Å². The molecule has 4 N–H and O–H groups in total. The van der Waals surface area contributed by atoms with Gasteiger partial charge in [-0.15, -0.1) is 22.0 Å². The SMILES string of the molecule is C=c1ccc2c(c1)Oc1cc(N(C)C)ccc1C=2c1cc(C(=O)NCCCC(=O)Nc2ccc(C(=CC#N)SCCNC(=O)CCCN(C)c3ccc(N=Nc4cc(OC)c(N=Nc5ccc([N+](=O)[O-])cc5)cc4OC)cc3)cc2)ccc1C(=O)O. The van der Waals surface area contributed by atoms with Crippen LogP contribution in [0, 0.1) is 21.4 Å². The minimum absolute atomic E-state index is 0.0186. The zero-order valence-corrected chi connectivity index (χ0v) is 48.6. The number of carboxylic acids is 1. The Labute approximate surface area is 500 Å². The van der Waals surface area contributed by atoms with E-state index in [0.717, 1.165) is 22.2 Å². The number of allylic oxidation sites excluding steroid dienone is 1. The van der Waals surface area contributed by atoms with Crippen LogP contribution in [0.4, 0.5) is 45.5 Å². The summed E-state index contributed by atoms with van der Waals surface area (Å²) in [6.07, 6.45) is 2.81. The number of thioether (sulfide) groups is 1. The Morgan fingerprint density at radius 1 is 0.721 bits per heavy atom. The maximum Gasteiger partial charge on any atom is 0.336 e. The molecule has 0 spiro atoms. The fourth-order valence-electron chi connectivity index (χ4n) is 9.04. The summed E-state index contributed by atoms with van der Waals surface area (Å²) in [5.74, 6) is 0.388. The summed E-state index contributed by atoms with van der Waals surface area (Å²) < 4.78 is 17.4. The lowest BCUT2D eigenvalue weighted by Gasteiger charge is -2.24. The quantitative estimate of drug-likeness (QED) is 0.0129. The summed E-state index contributed by atoms with van der Waals surface area (Å²) in [6, 6.07) is 41.1. The zero-order valence-electron chi connectivity index (χ0n) is 47.8. The lowest BCUT2D eigenvalue weighted by Crippen LogP contribution is -2.27. The summed E-state index contributed by atoms with van der Waals surface area (Å²) >= 11 is 1.43. The monoisotopic (exact) mass is 1180 g/mol. The van der Waals surface area contributed by atoms with E-state index in [-0.39, 0.29) is 41.6 Å². The predicted molar refractivity (Wildman–Crippen MR) is 333 cm³/mol. The number of rotatable bonds is 26. The Hall–Kier alpha value is -10.7. The fourth-order valence-corrected chi connectivity index (χ4v) is 9.90. The Morgan fingerprint density at radius 3 is 1.99 bits per heavy atom. The number of fused-ring (bicyclic) bond motifs is 2. The van der Waals surface area contributed by atoms with Crippen molar-refractivity contribution >= 4 is 98.0 Å². The molecule has 438 valence electrons. The average Bonchev–Trinajstić information content (AvgIpc) is 0.891. The molecule has 0 unspecified atom stereocenters. The third-order valence-corrected chi connectivity index (χ3v) is 14.6. The Bertz CT molecular complexity index is 3940. The lowest BCUT2D eigenvalue weighted by atomic mass is 9.88. The molecule has 0 aromatic heterocycles. The molecular weight excluding hydrogens is 1110 g/mol.